The largest absolute Gasteiger partial charge is 0.478 e. The normalized spacial score (nSPS) is 15.3. The van der Waals surface area contributed by atoms with Gasteiger partial charge in [-0.3, -0.25) is 0 Å². The van der Waals surface area contributed by atoms with Gasteiger partial charge in [-0.2, -0.15) is 0 Å². The monoisotopic (exact) mass is 198 g/mol. The van der Waals surface area contributed by atoms with Crippen LogP contribution in [0, 0.1) is 11.8 Å². The van der Waals surface area contributed by atoms with E-state index in [9.17, 15) is 4.79 Å². The molecule has 1 N–H and O–H groups in total. The second-order valence-corrected chi connectivity index (χ2v) is 4.23. The fraction of sp³-hybridized carbons (Fsp3) is 0.750. The van der Waals surface area contributed by atoms with Crippen LogP contribution in [0.5, 0.6) is 0 Å². The highest BCUT2D eigenvalue weighted by Crippen LogP contribution is 2.27. The molecule has 14 heavy (non-hydrogen) atoms. The molecule has 1 atom stereocenters. The van der Waals surface area contributed by atoms with Crippen LogP contribution in [-0.4, -0.2) is 11.1 Å². The van der Waals surface area contributed by atoms with Crippen LogP contribution in [0.15, 0.2) is 11.1 Å². The van der Waals surface area contributed by atoms with Gasteiger partial charge in [0.15, 0.2) is 0 Å². The van der Waals surface area contributed by atoms with Gasteiger partial charge >= 0.3 is 5.97 Å². The Labute approximate surface area is 87.0 Å². The second-order valence-electron chi connectivity index (χ2n) is 4.23. The molecule has 0 aliphatic heterocycles. The zero-order valence-corrected chi connectivity index (χ0v) is 9.92. The van der Waals surface area contributed by atoms with E-state index in [0.717, 1.165) is 18.4 Å². The number of carbonyl (C=O) groups is 1. The standard InChI is InChI=1S/C12H22O2/c1-6-7-9(4)11(8(2)3)10(5)12(13)14/h8-9H,6-7H2,1-5H3,(H,13,14)/t9-/m0/s1. The molecule has 2 heteroatoms. The van der Waals surface area contributed by atoms with E-state index >= 15 is 0 Å². The van der Waals surface area contributed by atoms with Crippen molar-refractivity contribution in [3.63, 3.8) is 0 Å². The predicted octanol–water partition coefficient (Wildman–Crippen LogP) is 3.48. The van der Waals surface area contributed by atoms with E-state index in [2.05, 4.69) is 27.7 Å². The maximum absolute atomic E-state index is 10.9. The molecule has 0 spiro atoms. The SMILES string of the molecule is CCC[C@H](C)C(=C(C)C(=O)O)C(C)C. The minimum absolute atomic E-state index is 0.327. The van der Waals surface area contributed by atoms with Crippen LogP contribution in [-0.2, 0) is 4.79 Å². The summed E-state index contributed by atoms with van der Waals surface area (Å²) in [5.41, 5.74) is 1.63. The van der Waals surface area contributed by atoms with Crippen molar-refractivity contribution in [2.24, 2.45) is 11.8 Å². The van der Waals surface area contributed by atoms with Gasteiger partial charge in [-0.25, -0.2) is 4.79 Å². The number of hydrogen-bond donors (Lipinski definition) is 1. The van der Waals surface area contributed by atoms with Gasteiger partial charge in [0.05, 0.1) is 0 Å². The van der Waals surface area contributed by atoms with Crippen molar-refractivity contribution in [2.45, 2.75) is 47.5 Å². The maximum Gasteiger partial charge on any atom is 0.331 e. The first-order valence-electron chi connectivity index (χ1n) is 5.35. The van der Waals surface area contributed by atoms with Crippen molar-refractivity contribution < 1.29 is 9.90 Å². The van der Waals surface area contributed by atoms with E-state index in [0.29, 0.717) is 17.4 Å². The number of hydrogen-bond acceptors (Lipinski definition) is 1. The first kappa shape index (κ1) is 13.2. The first-order valence-corrected chi connectivity index (χ1v) is 5.35. The summed E-state index contributed by atoms with van der Waals surface area (Å²) < 4.78 is 0. The van der Waals surface area contributed by atoms with E-state index < -0.39 is 5.97 Å². The molecule has 0 aromatic rings. The van der Waals surface area contributed by atoms with Gasteiger partial charge in [-0.15, -0.1) is 0 Å². The molecule has 82 valence electrons. The first-order chi connectivity index (χ1) is 6.41. The number of carboxylic acid groups (broad SMARTS) is 1. The van der Waals surface area contributed by atoms with Crippen LogP contribution in [0.3, 0.4) is 0 Å². The lowest BCUT2D eigenvalue weighted by Crippen LogP contribution is -2.12. The van der Waals surface area contributed by atoms with Crippen LogP contribution < -0.4 is 0 Å². The Morgan fingerprint density at radius 1 is 1.29 bits per heavy atom. The molecule has 0 aliphatic carbocycles. The van der Waals surface area contributed by atoms with Gasteiger partial charge in [0.2, 0.25) is 0 Å². The average molecular weight is 198 g/mol. The molecular weight excluding hydrogens is 176 g/mol. The lowest BCUT2D eigenvalue weighted by Gasteiger charge is -2.20. The molecule has 0 bridgehead atoms. The molecule has 0 fully saturated rings. The Morgan fingerprint density at radius 2 is 1.79 bits per heavy atom. The Bertz CT molecular complexity index is 226. The van der Waals surface area contributed by atoms with Crippen LogP contribution in [0.25, 0.3) is 0 Å². The summed E-state index contributed by atoms with van der Waals surface area (Å²) in [6.45, 7) is 10.1. The zero-order valence-electron chi connectivity index (χ0n) is 9.92. The number of allylic oxidation sites excluding steroid dienone is 1. The molecule has 0 amide bonds. The van der Waals surface area contributed by atoms with Crippen molar-refractivity contribution in [2.75, 3.05) is 0 Å². The van der Waals surface area contributed by atoms with Crippen LogP contribution in [0.4, 0.5) is 0 Å². The van der Waals surface area contributed by atoms with Crippen molar-refractivity contribution in [1.82, 2.24) is 0 Å². The quantitative estimate of drug-likeness (QED) is 0.687. The minimum atomic E-state index is -0.781. The van der Waals surface area contributed by atoms with Crippen molar-refractivity contribution >= 4 is 5.97 Å². The molecule has 0 rings (SSSR count). The summed E-state index contributed by atoms with van der Waals surface area (Å²) >= 11 is 0. The van der Waals surface area contributed by atoms with E-state index in [-0.39, 0.29) is 0 Å². The summed E-state index contributed by atoms with van der Waals surface area (Å²) in [6.07, 6.45) is 2.17. The van der Waals surface area contributed by atoms with E-state index in [1.807, 2.05) is 0 Å². The molecule has 0 saturated heterocycles. The van der Waals surface area contributed by atoms with Gasteiger partial charge in [-0.05, 0) is 25.2 Å². The highest BCUT2D eigenvalue weighted by atomic mass is 16.4. The van der Waals surface area contributed by atoms with E-state index in [4.69, 9.17) is 5.11 Å². The van der Waals surface area contributed by atoms with Gasteiger partial charge in [0.25, 0.3) is 0 Å². The molecule has 0 aromatic carbocycles. The topological polar surface area (TPSA) is 37.3 Å². The second kappa shape index (κ2) is 5.84. The smallest absolute Gasteiger partial charge is 0.331 e. The lowest BCUT2D eigenvalue weighted by atomic mass is 9.85. The average Bonchev–Trinajstić information content (AvgIpc) is 2.03. The molecule has 0 heterocycles. The summed E-state index contributed by atoms with van der Waals surface area (Å²) in [5.74, 6) is -0.0691. The molecule has 0 aromatic heterocycles. The Hall–Kier alpha value is -0.790. The molecule has 0 radical (unpaired) electrons. The number of aliphatic carboxylic acids is 1. The third kappa shape index (κ3) is 3.52. The molecular formula is C12H22O2. The summed E-state index contributed by atoms with van der Waals surface area (Å²) in [6, 6.07) is 0. The van der Waals surface area contributed by atoms with Gasteiger partial charge in [-0.1, -0.05) is 39.7 Å². The van der Waals surface area contributed by atoms with Gasteiger partial charge in [0, 0.05) is 5.57 Å². The van der Waals surface area contributed by atoms with Gasteiger partial charge < -0.3 is 5.11 Å². The Balaban J connectivity index is 4.93. The zero-order chi connectivity index (χ0) is 11.3. The molecule has 0 aliphatic rings. The number of carboxylic acids is 1. The summed E-state index contributed by atoms with van der Waals surface area (Å²) in [7, 11) is 0. The Morgan fingerprint density at radius 3 is 2.07 bits per heavy atom. The van der Waals surface area contributed by atoms with Gasteiger partial charge in [0.1, 0.15) is 0 Å². The molecule has 0 unspecified atom stereocenters. The molecule has 0 saturated carbocycles. The number of rotatable bonds is 5. The van der Waals surface area contributed by atoms with Crippen molar-refractivity contribution in [1.29, 1.82) is 0 Å². The Kier molecular flexibility index (Phi) is 5.51. The summed E-state index contributed by atoms with van der Waals surface area (Å²) in [4.78, 5) is 10.9. The fourth-order valence-electron chi connectivity index (χ4n) is 2.08. The highest BCUT2D eigenvalue weighted by Gasteiger charge is 2.18. The maximum atomic E-state index is 10.9. The lowest BCUT2D eigenvalue weighted by molar-refractivity contribution is -0.132. The van der Waals surface area contributed by atoms with Crippen molar-refractivity contribution in [3.05, 3.63) is 11.1 Å². The third-order valence-electron chi connectivity index (χ3n) is 2.63. The fourth-order valence-corrected chi connectivity index (χ4v) is 2.08. The van der Waals surface area contributed by atoms with E-state index in [1.165, 1.54) is 0 Å². The van der Waals surface area contributed by atoms with Crippen LogP contribution >= 0.6 is 0 Å². The molecule has 2 nitrogen and oxygen atoms in total. The minimum Gasteiger partial charge on any atom is -0.478 e. The predicted molar refractivity (Wildman–Crippen MR) is 59.2 cm³/mol. The highest BCUT2D eigenvalue weighted by molar-refractivity contribution is 5.86. The van der Waals surface area contributed by atoms with E-state index in [1.54, 1.807) is 6.92 Å². The van der Waals surface area contributed by atoms with Crippen molar-refractivity contribution in [3.8, 4) is 0 Å². The van der Waals surface area contributed by atoms with Crippen LogP contribution in [0.2, 0.25) is 0 Å². The third-order valence-corrected chi connectivity index (χ3v) is 2.63. The van der Waals surface area contributed by atoms with Crippen LogP contribution in [0.1, 0.15) is 47.5 Å². The summed E-state index contributed by atoms with van der Waals surface area (Å²) in [5, 5.41) is 8.96.